The van der Waals surface area contributed by atoms with Gasteiger partial charge in [0.1, 0.15) is 11.9 Å². The lowest BCUT2D eigenvalue weighted by atomic mass is 9.94. The van der Waals surface area contributed by atoms with E-state index in [1.807, 2.05) is 13.0 Å². The van der Waals surface area contributed by atoms with Crippen LogP contribution < -0.4 is 5.32 Å². The average Bonchev–Trinajstić information content (AvgIpc) is 3.13. The Morgan fingerprint density at radius 1 is 1.39 bits per heavy atom. The van der Waals surface area contributed by atoms with Crippen molar-refractivity contribution in [3.8, 4) is 0 Å². The molecule has 1 aliphatic carbocycles. The summed E-state index contributed by atoms with van der Waals surface area (Å²) in [6.45, 7) is 3.47. The Hall–Kier alpha value is -1.53. The van der Waals surface area contributed by atoms with Crippen LogP contribution in [0.1, 0.15) is 43.4 Å². The fraction of sp³-hybridized carbons (Fsp3) is 0.706. The van der Waals surface area contributed by atoms with Gasteiger partial charge in [-0.15, -0.1) is 0 Å². The highest BCUT2D eigenvalue weighted by atomic mass is 16.7. The molecular formula is C17H26N2O4. The lowest BCUT2D eigenvalue weighted by Crippen LogP contribution is -2.42. The summed E-state index contributed by atoms with van der Waals surface area (Å²) < 4.78 is 17.2. The van der Waals surface area contributed by atoms with Gasteiger partial charge < -0.3 is 24.1 Å². The molecule has 1 atom stereocenters. The number of hydrogen-bond donors (Lipinski definition) is 1. The third-order valence-electron chi connectivity index (χ3n) is 4.73. The van der Waals surface area contributed by atoms with Crippen molar-refractivity contribution in [2.24, 2.45) is 0 Å². The molecule has 1 aliphatic heterocycles. The summed E-state index contributed by atoms with van der Waals surface area (Å²) in [5, 5.41) is 2.93. The second kappa shape index (κ2) is 6.93. The third-order valence-corrected chi connectivity index (χ3v) is 4.73. The molecule has 2 fully saturated rings. The Kier molecular flexibility index (Phi) is 4.92. The second-order valence-corrected chi connectivity index (χ2v) is 6.57. The van der Waals surface area contributed by atoms with Crippen LogP contribution in [0.15, 0.2) is 16.7 Å². The molecule has 128 valence electrons. The van der Waals surface area contributed by atoms with Gasteiger partial charge in [-0.05, 0) is 25.8 Å². The van der Waals surface area contributed by atoms with Crippen LogP contribution in [0.5, 0.6) is 0 Å². The van der Waals surface area contributed by atoms with Crippen molar-refractivity contribution in [2.75, 3.05) is 20.2 Å². The number of amides is 2. The number of ether oxygens (including phenoxy) is 2. The number of urea groups is 1. The molecule has 1 saturated carbocycles. The molecule has 2 heterocycles. The topological polar surface area (TPSA) is 63.9 Å². The normalized spacial score (nSPS) is 23.1. The lowest BCUT2D eigenvalue weighted by molar-refractivity contribution is -0.186. The number of carbonyl (C=O) groups excluding carboxylic acids is 1. The minimum absolute atomic E-state index is 0.0545. The van der Waals surface area contributed by atoms with Gasteiger partial charge in [-0.2, -0.15) is 0 Å². The highest BCUT2D eigenvalue weighted by Gasteiger charge is 2.42. The van der Waals surface area contributed by atoms with Crippen molar-refractivity contribution >= 4 is 6.03 Å². The molecule has 1 aromatic heterocycles. The maximum atomic E-state index is 12.2. The summed E-state index contributed by atoms with van der Waals surface area (Å²) in [4.78, 5) is 13.8. The van der Waals surface area contributed by atoms with Crippen LogP contribution in [-0.2, 0) is 16.0 Å². The van der Waals surface area contributed by atoms with Gasteiger partial charge >= 0.3 is 6.03 Å². The summed E-state index contributed by atoms with van der Waals surface area (Å²) in [5.41, 5.74) is 1.02. The Morgan fingerprint density at radius 2 is 2.17 bits per heavy atom. The van der Waals surface area contributed by atoms with E-state index >= 15 is 0 Å². The second-order valence-electron chi connectivity index (χ2n) is 6.57. The van der Waals surface area contributed by atoms with Gasteiger partial charge in [-0.1, -0.05) is 6.42 Å². The maximum Gasteiger partial charge on any atom is 0.317 e. The zero-order valence-corrected chi connectivity index (χ0v) is 14.0. The minimum Gasteiger partial charge on any atom is -0.469 e. The molecule has 6 heteroatoms. The number of nitrogens with zero attached hydrogens (tertiary/aromatic N) is 1. The monoisotopic (exact) mass is 322 g/mol. The van der Waals surface area contributed by atoms with Crippen molar-refractivity contribution in [1.29, 1.82) is 0 Å². The van der Waals surface area contributed by atoms with Gasteiger partial charge in [0.05, 0.1) is 19.4 Å². The highest BCUT2D eigenvalue weighted by Crippen LogP contribution is 2.37. The van der Waals surface area contributed by atoms with E-state index in [1.165, 1.54) is 6.42 Å². The average molecular weight is 322 g/mol. The molecule has 1 aromatic rings. The van der Waals surface area contributed by atoms with Crippen LogP contribution in [0.4, 0.5) is 4.79 Å². The van der Waals surface area contributed by atoms with E-state index in [0.717, 1.165) is 37.0 Å². The third kappa shape index (κ3) is 3.87. The largest absolute Gasteiger partial charge is 0.469 e. The number of nitrogens with one attached hydrogen (secondary N) is 1. The van der Waals surface area contributed by atoms with Crippen LogP contribution >= 0.6 is 0 Å². The Labute approximate surface area is 137 Å². The SMILES string of the molecule is Cc1occc1CN(C)C(=O)NC[C@@H]1COC2(CCCCC2)O1. The summed E-state index contributed by atoms with van der Waals surface area (Å²) in [6.07, 6.45) is 7.10. The predicted molar refractivity (Wildman–Crippen MR) is 85.0 cm³/mol. The van der Waals surface area contributed by atoms with Crippen LogP contribution in [0.3, 0.4) is 0 Å². The van der Waals surface area contributed by atoms with E-state index in [2.05, 4.69) is 5.32 Å². The molecule has 23 heavy (non-hydrogen) atoms. The first kappa shape index (κ1) is 16.3. The van der Waals surface area contributed by atoms with E-state index in [0.29, 0.717) is 19.7 Å². The first-order chi connectivity index (χ1) is 11.1. The van der Waals surface area contributed by atoms with Crippen LogP contribution in [0.25, 0.3) is 0 Å². The highest BCUT2D eigenvalue weighted by molar-refractivity contribution is 5.73. The number of rotatable bonds is 4. The molecule has 0 unspecified atom stereocenters. The van der Waals surface area contributed by atoms with Gasteiger partial charge in [0.15, 0.2) is 5.79 Å². The predicted octanol–water partition coefficient (Wildman–Crippen LogP) is 2.81. The van der Waals surface area contributed by atoms with Gasteiger partial charge in [0.25, 0.3) is 0 Å². The molecular weight excluding hydrogens is 296 g/mol. The quantitative estimate of drug-likeness (QED) is 0.926. The molecule has 1 spiro atoms. The van der Waals surface area contributed by atoms with E-state index in [4.69, 9.17) is 13.9 Å². The molecule has 0 aromatic carbocycles. The number of hydrogen-bond acceptors (Lipinski definition) is 4. The molecule has 2 aliphatic rings. The molecule has 0 radical (unpaired) electrons. The Morgan fingerprint density at radius 3 is 2.87 bits per heavy atom. The Balaban J connectivity index is 1.43. The van der Waals surface area contributed by atoms with Crippen molar-refractivity contribution in [1.82, 2.24) is 10.2 Å². The van der Waals surface area contributed by atoms with Crippen molar-refractivity contribution in [3.63, 3.8) is 0 Å². The Bertz CT molecular complexity index is 536. The zero-order valence-electron chi connectivity index (χ0n) is 14.0. The summed E-state index contributed by atoms with van der Waals surface area (Å²) >= 11 is 0. The number of furan rings is 1. The minimum atomic E-state index is -0.381. The van der Waals surface area contributed by atoms with Crippen LogP contribution in [-0.4, -0.2) is 43.0 Å². The van der Waals surface area contributed by atoms with E-state index in [1.54, 1.807) is 18.2 Å². The molecule has 0 bridgehead atoms. The van der Waals surface area contributed by atoms with Crippen LogP contribution in [0.2, 0.25) is 0 Å². The first-order valence-corrected chi connectivity index (χ1v) is 8.42. The first-order valence-electron chi connectivity index (χ1n) is 8.42. The molecule has 3 rings (SSSR count). The van der Waals surface area contributed by atoms with Crippen molar-refractivity contribution in [2.45, 2.75) is 57.5 Å². The lowest BCUT2D eigenvalue weighted by Gasteiger charge is -2.31. The fourth-order valence-corrected chi connectivity index (χ4v) is 3.31. The summed E-state index contributed by atoms with van der Waals surface area (Å²) in [7, 11) is 1.77. The molecule has 6 nitrogen and oxygen atoms in total. The van der Waals surface area contributed by atoms with Gasteiger partial charge in [0.2, 0.25) is 0 Å². The smallest absolute Gasteiger partial charge is 0.317 e. The maximum absolute atomic E-state index is 12.2. The fourth-order valence-electron chi connectivity index (χ4n) is 3.31. The zero-order chi connectivity index (χ0) is 16.3. The summed E-state index contributed by atoms with van der Waals surface area (Å²) in [6, 6.07) is 1.78. The molecule has 1 N–H and O–H groups in total. The van der Waals surface area contributed by atoms with Crippen molar-refractivity contribution < 1.29 is 18.7 Å². The van der Waals surface area contributed by atoms with E-state index in [-0.39, 0.29) is 17.9 Å². The van der Waals surface area contributed by atoms with Gasteiger partial charge in [0, 0.05) is 32.0 Å². The number of carbonyl (C=O) groups is 1. The van der Waals surface area contributed by atoms with E-state index in [9.17, 15) is 4.79 Å². The van der Waals surface area contributed by atoms with Crippen molar-refractivity contribution in [3.05, 3.63) is 23.7 Å². The standard InChI is InChI=1S/C17H26N2O4/c1-13-14(6-9-21-13)11-19(2)16(20)18-10-15-12-22-17(23-15)7-4-3-5-8-17/h6,9,15H,3-5,7-8,10-12H2,1-2H3,(H,18,20)/t15-/m1/s1. The number of aryl methyl sites for hydroxylation is 1. The van der Waals surface area contributed by atoms with Gasteiger partial charge in [-0.3, -0.25) is 0 Å². The summed E-state index contributed by atoms with van der Waals surface area (Å²) in [5.74, 6) is 0.462. The molecule has 1 saturated heterocycles. The van der Waals surface area contributed by atoms with Crippen LogP contribution in [0, 0.1) is 6.92 Å². The molecule has 2 amide bonds. The van der Waals surface area contributed by atoms with Gasteiger partial charge in [-0.25, -0.2) is 4.79 Å². The van der Waals surface area contributed by atoms with E-state index < -0.39 is 0 Å².